The van der Waals surface area contributed by atoms with Gasteiger partial charge in [0.25, 0.3) is 17.4 Å². The Hall–Kier alpha value is -2.51. The largest absolute Gasteiger partial charge is 0.325 e. The molecule has 8 nitrogen and oxygen atoms in total. The molecule has 1 aliphatic rings. The van der Waals surface area contributed by atoms with E-state index in [2.05, 4.69) is 15.3 Å². The van der Waals surface area contributed by atoms with E-state index in [0.717, 1.165) is 17.3 Å². The number of carbonyl (C=O) groups excluding carboxylic acids is 3. The van der Waals surface area contributed by atoms with Gasteiger partial charge in [0.2, 0.25) is 5.91 Å². The predicted molar refractivity (Wildman–Crippen MR) is 63.1 cm³/mol. The molecule has 2 rings (SSSR count). The molecule has 2 heterocycles. The van der Waals surface area contributed by atoms with E-state index < -0.39 is 28.8 Å². The van der Waals surface area contributed by atoms with Crippen molar-refractivity contribution in [3.05, 3.63) is 28.4 Å². The van der Waals surface area contributed by atoms with Crippen molar-refractivity contribution < 1.29 is 14.4 Å². The molecule has 2 N–H and O–H groups in total. The summed E-state index contributed by atoms with van der Waals surface area (Å²) in [7, 11) is 0. The number of nitrogens with zero attached hydrogens (tertiary/aromatic N) is 2. The Balaban J connectivity index is 2.36. The first kappa shape index (κ1) is 12.9. The normalized spacial score (nSPS) is 18.1. The third kappa shape index (κ3) is 2.24. The molecule has 1 aromatic rings. The maximum Gasteiger partial charge on any atom is 0.275 e. The zero-order valence-corrected chi connectivity index (χ0v) is 10.4. The second-order valence-corrected chi connectivity index (χ2v) is 4.62. The fraction of sp³-hybridized carbons (Fsp3) is 0.364. The van der Waals surface area contributed by atoms with Crippen LogP contribution in [0, 0.1) is 0 Å². The van der Waals surface area contributed by atoms with Crippen LogP contribution in [-0.4, -0.2) is 44.7 Å². The molecular formula is C11H12N4O4. The second-order valence-electron chi connectivity index (χ2n) is 4.62. The summed E-state index contributed by atoms with van der Waals surface area (Å²) in [6.45, 7) is 2.81. The molecule has 1 saturated heterocycles. The topological polar surface area (TPSA) is 112 Å². The monoisotopic (exact) mass is 264 g/mol. The van der Waals surface area contributed by atoms with E-state index in [-0.39, 0.29) is 12.2 Å². The summed E-state index contributed by atoms with van der Waals surface area (Å²) < 4.78 is 0. The lowest BCUT2D eigenvalue weighted by Gasteiger charge is -2.39. The number of aromatic nitrogens is 2. The molecule has 0 aliphatic carbocycles. The Bertz CT molecular complexity index is 599. The van der Waals surface area contributed by atoms with Gasteiger partial charge in [-0.05, 0) is 13.8 Å². The van der Waals surface area contributed by atoms with E-state index in [1.165, 1.54) is 13.8 Å². The number of nitrogens with one attached hydrogen (secondary N) is 2. The third-order valence-corrected chi connectivity index (χ3v) is 2.92. The van der Waals surface area contributed by atoms with E-state index >= 15 is 0 Å². The van der Waals surface area contributed by atoms with Gasteiger partial charge >= 0.3 is 0 Å². The minimum atomic E-state index is -1.16. The lowest BCUT2D eigenvalue weighted by Crippen LogP contribution is -2.65. The van der Waals surface area contributed by atoms with Crippen LogP contribution in [0.2, 0.25) is 0 Å². The molecular weight excluding hydrogens is 252 g/mol. The Morgan fingerprint density at radius 3 is 2.63 bits per heavy atom. The van der Waals surface area contributed by atoms with Crippen LogP contribution in [-0.2, 0) is 9.59 Å². The van der Waals surface area contributed by atoms with Crippen molar-refractivity contribution in [1.82, 2.24) is 20.2 Å². The Morgan fingerprint density at radius 1 is 1.37 bits per heavy atom. The summed E-state index contributed by atoms with van der Waals surface area (Å²) in [5, 5.41) is 2.16. The van der Waals surface area contributed by atoms with E-state index in [4.69, 9.17) is 0 Å². The van der Waals surface area contributed by atoms with Gasteiger partial charge in [0.05, 0.1) is 6.20 Å². The molecule has 0 spiro atoms. The van der Waals surface area contributed by atoms with Crippen LogP contribution < -0.4 is 10.9 Å². The van der Waals surface area contributed by atoms with E-state index in [9.17, 15) is 19.2 Å². The smallest absolute Gasteiger partial charge is 0.275 e. The maximum atomic E-state index is 12.2. The van der Waals surface area contributed by atoms with Gasteiger partial charge in [-0.3, -0.25) is 24.5 Å². The van der Waals surface area contributed by atoms with Crippen molar-refractivity contribution >= 4 is 17.7 Å². The van der Waals surface area contributed by atoms with Crippen LogP contribution in [0.1, 0.15) is 24.3 Å². The lowest BCUT2D eigenvalue weighted by molar-refractivity contribution is -0.143. The number of piperazine rings is 1. The minimum Gasteiger partial charge on any atom is -0.325 e. The molecule has 1 aromatic heterocycles. The average molecular weight is 264 g/mol. The zero-order chi connectivity index (χ0) is 14.2. The second kappa shape index (κ2) is 4.30. The van der Waals surface area contributed by atoms with Crippen molar-refractivity contribution in [2.75, 3.05) is 6.54 Å². The van der Waals surface area contributed by atoms with Crippen LogP contribution in [0.3, 0.4) is 0 Å². The van der Waals surface area contributed by atoms with E-state index in [0.29, 0.717) is 0 Å². The van der Waals surface area contributed by atoms with Gasteiger partial charge in [0.15, 0.2) is 0 Å². The highest BCUT2D eigenvalue weighted by atomic mass is 16.2. The fourth-order valence-corrected chi connectivity index (χ4v) is 1.71. The lowest BCUT2D eigenvalue weighted by atomic mass is 9.98. The molecule has 8 heteroatoms. The number of hydrogen-bond donors (Lipinski definition) is 2. The highest BCUT2D eigenvalue weighted by Gasteiger charge is 2.44. The quantitative estimate of drug-likeness (QED) is 0.609. The first-order valence-electron chi connectivity index (χ1n) is 5.53. The maximum absolute atomic E-state index is 12.2. The highest BCUT2D eigenvalue weighted by molar-refractivity contribution is 6.08. The SMILES string of the molecule is CC1(C)C(=O)NC(=O)CN1C(=O)c1c[nH]c(=O)cn1. The molecule has 3 amide bonds. The first-order valence-corrected chi connectivity index (χ1v) is 5.53. The third-order valence-electron chi connectivity index (χ3n) is 2.92. The standard InChI is InChI=1S/C11H12N4O4/c1-11(2)10(19)14-8(17)5-15(11)9(18)6-3-13-7(16)4-12-6/h3-4H,5H2,1-2H3,(H,13,16)(H,14,17,19). The summed E-state index contributed by atoms with van der Waals surface area (Å²) in [5.41, 5.74) is -1.64. The van der Waals surface area contributed by atoms with Gasteiger partial charge in [-0.15, -0.1) is 0 Å². The molecule has 0 bridgehead atoms. The van der Waals surface area contributed by atoms with Crippen molar-refractivity contribution in [2.24, 2.45) is 0 Å². The highest BCUT2D eigenvalue weighted by Crippen LogP contribution is 2.19. The van der Waals surface area contributed by atoms with Crippen molar-refractivity contribution in [3.8, 4) is 0 Å². The number of H-pyrrole nitrogens is 1. The minimum absolute atomic E-state index is 0.0322. The molecule has 1 aliphatic heterocycles. The Labute approximate surface area is 107 Å². The van der Waals surface area contributed by atoms with Gasteiger partial charge in [-0.2, -0.15) is 0 Å². The van der Waals surface area contributed by atoms with Crippen molar-refractivity contribution in [2.45, 2.75) is 19.4 Å². The first-order chi connectivity index (χ1) is 8.82. The van der Waals surface area contributed by atoms with Crippen LogP contribution in [0.4, 0.5) is 0 Å². The molecule has 19 heavy (non-hydrogen) atoms. The van der Waals surface area contributed by atoms with E-state index in [1.54, 1.807) is 0 Å². The number of aromatic amines is 1. The Kier molecular flexibility index (Phi) is 2.93. The van der Waals surface area contributed by atoms with E-state index in [1.807, 2.05) is 0 Å². The molecule has 0 unspecified atom stereocenters. The molecule has 100 valence electrons. The number of rotatable bonds is 1. The van der Waals surface area contributed by atoms with Gasteiger partial charge in [-0.1, -0.05) is 0 Å². The number of imide groups is 1. The molecule has 1 fully saturated rings. The Morgan fingerprint density at radius 2 is 2.05 bits per heavy atom. The van der Waals surface area contributed by atoms with Crippen LogP contribution >= 0.6 is 0 Å². The van der Waals surface area contributed by atoms with Crippen LogP contribution in [0.5, 0.6) is 0 Å². The summed E-state index contributed by atoms with van der Waals surface area (Å²) in [5.74, 6) is -1.70. The van der Waals surface area contributed by atoms with Crippen molar-refractivity contribution in [3.63, 3.8) is 0 Å². The average Bonchev–Trinajstić information content (AvgIpc) is 2.34. The van der Waals surface area contributed by atoms with Crippen LogP contribution in [0.25, 0.3) is 0 Å². The summed E-state index contributed by atoms with van der Waals surface area (Å²) in [6, 6.07) is 0. The predicted octanol–water partition coefficient (Wildman–Crippen LogP) is -1.35. The summed E-state index contributed by atoms with van der Waals surface area (Å²) in [4.78, 5) is 53.3. The number of carbonyl (C=O) groups is 3. The fourth-order valence-electron chi connectivity index (χ4n) is 1.71. The molecule has 0 saturated carbocycles. The van der Waals surface area contributed by atoms with Gasteiger partial charge < -0.3 is 9.88 Å². The van der Waals surface area contributed by atoms with Gasteiger partial charge in [-0.25, -0.2) is 4.98 Å². The number of amides is 3. The van der Waals surface area contributed by atoms with Gasteiger partial charge in [0.1, 0.15) is 17.8 Å². The van der Waals surface area contributed by atoms with Gasteiger partial charge in [0, 0.05) is 6.20 Å². The van der Waals surface area contributed by atoms with Crippen molar-refractivity contribution in [1.29, 1.82) is 0 Å². The van der Waals surface area contributed by atoms with Crippen LogP contribution in [0.15, 0.2) is 17.2 Å². The summed E-state index contributed by atoms with van der Waals surface area (Å²) in [6.07, 6.45) is 2.11. The summed E-state index contributed by atoms with van der Waals surface area (Å²) >= 11 is 0. The zero-order valence-electron chi connectivity index (χ0n) is 10.4. The number of hydrogen-bond acceptors (Lipinski definition) is 5. The molecule has 0 aromatic carbocycles. The molecule has 0 atom stereocenters. The molecule has 0 radical (unpaired) electrons.